The van der Waals surface area contributed by atoms with Crippen molar-refractivity contribution < 1.29 is 38.1 Å². The lowest BCUT2D eigenvalue weighted by molar-refractivity contribution is 0.0478. The molecule has 218 valence electrons. The molecule has 0 radical (unpaired) electrons. The number of benzene rings is 3. The highest BCUT2D eigenvalue weighted by Crippen LogP contribution is 2.36. The number of hydrogen-bond donors (Lipinski definition) is 0. The molecule has 8 nitrogen and oxygen atoms in total. The molecule has 0 aliphatic heterocycles. The number of carbonyl (C=O) groups is 4. The van der Waals surface area contributed by atoms with Crippen LogP contribution in [0.3, 0.4) is 0 Å². The molecule has 3 aromatic carbocycles. The van der Waals surface area contributed by atoms with Crippen LogP contribution in [0.25, 0.3) is 0 Å². The summed E-state index contributed by atoms with van der Waals surface area (Å²) in [5.41, 5.74) is 9.35. The SMILES string of the molecule is CCOC(=O)c1cc2c(cc1C(=O)OCC)Cc1cc3c(cc1C2)Cc1cc(C(=O)OCC)c(C(=O)OCC)cc1C3. The molecule has 0 saturated heterocycles. The van der Waals surface area contributed by atoms with E-state index in [1.54, 1.807) is 52.0 Å². The summed E-state index contributed by atoms with van der Waals surface area (Å²) in [6.07, 6.45) is 2.43. The van der Waals surface area contributed by atoms with Crippen molar-refractivity contribution in [3.05, 3.63) is 103 Å². The maximum atomic E-state index is 12.7. The summed E-state index contributed by atoms with van der Waals surface area (Å²) in [4.78, 5) is 51.0. The molecule has 3 aromatic rings. The Morgan fingerprint density at radius 3 is 0.786 bits per heavy atom. The van der Waals surface area contributed by atoms with Crippen molar-refractivity contribution in [1.82, 2.24) is 0 Å². The monoisotopic (exact) mass is 570 g/mol. The first kappa shape index (κ1) is 29.0. The molecule has 0 aromatic heterocycles. The fraction of sp³-hybridized carbons (Fsp3) is 0.353. The van der Waals surface area contributed by atoms with Crippen LogP contribution in [-0.2, 0) is 44.6 Å². The van der Waals surface area contributed by atoms with E-state index in [-0.39, 0.29) is 48.7 Å². The second kappa shape index (κ2) is 12.2. The van der Waals surface area contributed by atoms with E-state index in [1.165, 1.54) is 0 Å². The number of carbonyl (C=O) groups excluding carboxylic acids is 4. The molecule has 0 spiro atoms. The topological polar surface area (TPSA) is 105 Å². The van der Waals surface area contributed by atoms with Crippen LogP contribution in [0.1, 0.15) is 114 Å². The van der Waals surface area contributed by atoms with E-state index < -0.39 is 23.9 Å². The van der Waals surface area contributed by atoms with Crippen LogP contribution >= 0.6 is 0 Å². The van der Waals surface area contributed by atoms with Crippen LogP contribution < -0.4 is 0 Å². The van der Waals surface area contributed by atoms with E-state index in [2.05, 4.69) is 12.1 Å². The number of hydrogen-bond acceptors (Lipinski definition) is 8. The van der Waals surface area contributed by atoms with Gasteiger partial charge in [0.2, 0.25) is 0 Å². The van der Waals surface area contributed by atoms with Gasteiger partial charge in [-0.2, -0.15) is 0 Å². The lowest BCUT2D eigenvalue weighted by atomic mass is 9.78. The summed E-state index contributed by atoms with van der Waals surface area (Å²) in [6, 6.07) is 11.4. The smallest absolute Gasteiger partial charge is 0.339 e. The third-order valence-electron chi connectivity index (χ3n) is 7.71. The van der Waals surface area contributed by atoms with Crippen LogP contribution in [0.2, 0.25) is 0 Å². The van der Waals surface area contributed by atoms with Crippen molar-refractivity contribution in [3.63, 3.8) is 0 Å². The van der Waals surface area contributed by atoms with Crippen molar-refractivity contribution in [2.75, 3.05) is 26.4 Å². The van der Waals surface area contributed by atoms with E-state index in [1.807, 2.05) is 0 Å². The Labute approximate surface area is 244 Å². The molecular weight excluding hydrogens is 536 g/mol. The number of ether oxygens (including phenoxy) is 4. The molecule has 0 heterocycles. The molecule has 0 N–H and O–H groups in total. The second-order valence-corrected chi connectivity index (χ2v) is 10.3. The molecule has 0 atom stereocenters. The van der Waals surface area contributed by atoms with Gasteiger partial charge in [-0.15, -0.1) is 0 Å². The van der Waals surface area contributed by atoms with Gasteiger partial charge in [0.15, 0.2) is 0 Å². The highest BCUT2D eigenvalue weighted by atomic mass is 16.5. The molecule has 0 saturated carbocycles. The van der Waals surface area contributed by atoms with Crippen molar-refractivity contribution in [2.24, 2.45) is 0 Å². The average Bonchev–Trinajstić information content (AvgIpc) is 2.97. The Balaban J connectivity index is 1.51. The minimum atomic E-state index is -0.546. The average molecular weight is 571 g/mol. The summed E-state index contributed by atoms with van der Waals surface area (Å²) in [6.45, 7) is 7.72. The van der Waals surface area contributed by atoms with Crippen LogP contribution in [0.15, 0.2) is 36.4 Å². The standard InChI is InChI=1S/C34H34O8/c1-5-39-31(35)27-15-23-11-19-9-21-13-25-17-29(33(37)41-7-3)30(34(38)42-8-4)18-26(25)14-22(21)10-20(19)12-24(23)16-28(27)32(36)40-6-2/h9-10,15-18H,5-8,11-14H2,1-4H3. The van der Waals surface area contributed by atoms with E-state index in [4.69, 9.17) is 18.9 Å². The first-order valence-electron chi connectivity index (χ1n) is 14.4. The van der Waals surface area contributed by atoms with Gasteiger partial charge >= 0.3 is 23.9 Å². The Morgan fingerprint density at radius 2 is 0.595 bits per heavy atom. The molecule has 0 bridgehead atoms. The van der Waals surface area contributed by atoms with E-state index in [0.717, 1.165) is 44.5 Å². The summed E-state index contributed by atoms with van der Waals surface area (Å²) in [7, 11) is 0. The molecule has 5 rings (SSSR count). The van der Waals surface area contributed by atoms with Gasteiger partial charge in [0.1, 0.15) is 0 Å². The molecule has 2 aliphatic rings. The number of esters is 4. The van der Waals surface area contributed by atoms with Gasteiger partial charge in [-0.1, -0.05) is 12.1 Å². The zero-order valence-electron chi connectivity index (χ0n) is 24.4. The minimum Gasteiger partial charge on any atom is -0.462 e. The molecule has 2 aliphatic carbocycles. The van der Waals surface area contributed by atoms with Gasteiger partial charge in [0.05, 0.1) is 48.7 Å². The Kier molecular flexibility index (Phi) is 8.43. The quantitative estimate of drug-likeness (QED) is 0.181. The van der Waals surface area contributed by atoms with E-state index in [0.29, 0.717) is 25.7 Å². The predicted octanol–water partition coefficient (Wildman–Crippen LogP) is 5.38. The summed E-state index contributed by atoms with van der Waals surface area (Å²) in [5, 5.41) is 0. The zero-order valence-corrected chi connectivity index (χ0v) is 24.4. The Bertz CT molecular complexity index is 1370. The first-order valence-corrected chi connectivity index (χ1v) is 14.4. The van der Waals surface area contributed by atoms with E-state index >= 15 is 0 Å². The van der Waals surface area contributed by atoms with Gasteiger partial charge < -0.3 is 18.9 Å². The van der Waals surface area contributed by atoms with Crippen molar-refractivity contribution in [2.45, 2.75) is 53.4 Å². The van der Waals surface area contributed by atoms with Gasteiger partial charge in [0.25, 0.3) is 0 Å². The third kappa shape index (κ3) is 5.53. The first-order chi connectivity index (χ1) is 20.3. The van der Waals surface area contributed by atoms with Crippen LogP contribution in [0.5, 0.6) is 0 Å². The number of rotatable bonds is 8. The third-order valence-corrected chi connectivity index (χ3v) is 7.71. The maximum Gasteiger partial charge on any atom is 0.339 e. The largest absolute Gasteiger partial charge is 0.462 e. The molecule has 8 heteroatoms. The van der Waals surface area contributed by atoms with E-state index in [9.17, 15) is 19.2 Å². The zero-order chi connectivity index (χ0) is 30.0. The highest BCUT2D eigenvalue weighted by Gasteiger charge is 2.28. The molecule has 0 unspecified atom stereocenters. The van der Waals surface area contributed by atoms with Crippen LogP contribution in [0, 0.1) is 0 Å². The van der Waals surface area contributed by atoms with Crippen LogP contribution in [-0.4, -0.2) is 50.3 Å². The maximum absolute atomic E-state index is 12.7. The summed E-state index contributed by atoms with van der Waals surface area (Å²) < 4.78 is 20.9. The highest BCUT2D eigenvalue weighted by molar-refractivity contribution is 6.04. The Hall–Kier alpha value is -4.46. The molecule has 42 heavy (non-hydrogen) atoms. The van der Waals surface area contributed by atoms with Crippen LogP contribution in [0.4, 0.5) is 0 Å². The van der Waals surface area contributed by atoms with Gasteiger partial charge in [0, 0.05) is 0 Å². The van der Waals surface area contributed by atoms with Crippen molar-refractivity contribution in [3.8, 4) is 0 Å². The summed E-state index contributed by atoms with van der Waals surface area (Å²) >= 11 is 0. The molecule has 0 fully saturated rings. The Morgan fingerprint density at radius 1 is 0.405 bits per heavy atom. The second-order valence-electron chi connectivity index (χ2n) is 10.3. The molecular formula is C34H34O8. The normalized spacial score (nSPS) is 12.7. The summed E-state index contributed by atoms with van der Waals surface area (Å²) in [5.74, 6) is -2.18. The fourth-order valence-corrected chi connectivity index (χ4v) is 5.82. The van der Waals surface area contributed by atoms with Gasteiger partial charge in [-0.25, -0.2) is 19.2 Å². The lowest BCUT2D eigenvalue weighted by Crippen LogP contribution is -2.19. The minimum absolute atomic E-state index is 0.202. The lowest BCUT2D eigenvalue weighted by Gasteiger charge is -2.27. The van der Waals surface area contributed by atoms with Crippen molar-refractivity contribution >= 4 is 23.9 Å². The fourth-order valence-electron chi connectivity index (χ4n) is 5.82. The molecule has 0 amide bonds. The number of fused-ring (bicyclic) bond motifs is 4. The van der Waals surface area contributed by atoms with Gasteiger partial charge in [-0.3, -0.25) is 0 Å². The van der Waals surface area contributed by atoms with Gasteiger partial charge in [-0.05, 0) is 122 Å². The predicted molar refractivity (Wildman–Crippen MR) is 154 cm³/mol. The van der Waals surface area contributed by atoms with Crippen molar-refractivity contribution in [1.29, 1.82) is 0 Å².